The van der Waals surface area contributed by atoms with Crippen LogP contribution in [0.2, 0.25) is 0 Å². The molecule has 7 heteroatoms. The molecule has 0 radical (unpaired) electrons. The summed E-state index contributed by atoms with van der Waals surface area (Å²) in [5.74, 6) is 0.0848. The van der Waals surface area contributed by atoms with Crippen LogP contribution >= 0.6 is 11.6 Å². The van der Waals surface area contributed by atoms with E-state index in [1.54, 1.807) is 0 Å². The maximum Gasteiger partial charge on any atom is 0.312 e. The lowest BCUT2D eigenvalue weighted by Crippen LogP contribution is -2.56. The van der Waals surface area contributed by atoms with E-state index in [0.29, 0.717) is 18.3 Å². The number of alkyl halides is 1. The molecule has 0 spiro atoms. The fourth-order valence-electron chi connectivity index (χ4n) is 5.54. The molecule has 2 unspecified atom stereocenters. The smallest absolute Gasteiger partial charge is 0.312 e. The summed E-state index contributed by atoms with van der Waals surface area (Å²) in [5, 5.41) is 2.81. The summed E-state index contributed by atoms with van der Waals surface area (Å²) in [6, 6.07) is 0. The molecule has 4 bridgehead atoms. The molecule has 2 amide bonds. The van der Waals surface area contributed by atoms with Crippen LogP contribution in [0.5, 0.6) is 0 Å². The summed E-state index contributed by atoms with van der Waals surface area (Å²) in [6.07, 6.45) is 5.46. The number of likely N-dealkylation sites (N-methyl/N-ethyl adjacent to an activating group) is 1. The summed E-state index contributed by atoms with van der Waals surface area (Å²) in [5.41, 5.74) is -0.877. The molecule has 4 aliphatic rings. The van der Waals surface area contributed by atoms with Gasteiger partial charge in [0.2, 0.25) is 5.91 Å². The van der Waals surface area contributed by atoms with Gasteiger partial charge in [-0.2, -0.15) is 0 Å². The molecule has 0 heterocycles. The molecule has 0 saturated heterocycles. The van der Waals surface area contributed by atoms with Crippen molar-refractivity contribution in [1.29, 1.82) is 0 Å². The number of halogens is 1. The molecule has 152 valence electrons. The molecule has 4 fully saturated rings. The molecule has 0 aromatic heterocycles. The number of rotatable bonds is 5. The minimum Gasteiger partial charge on any atom is -0.455 e. The predicted octanol–water partition coefficient (Wildman–Crippen LogP) is 2.48. The molecule has 4 rings (SSSR count). The van der Waals surface area contributed by atoms with Crippen LogP contribution in [-0.4, -0.2) is 53.3 Å². The van der Waals surface area contributed by atoms with Crippen LogP contribution in [0, 0.1) is 17.3 Å². The van der Waals surface area contributed by atoms with Crippen molar-refractivity contribution in [3.05, 3.63) is 0 Å². The van der Waals surface area contributed by atoms with E-state index in [0.717, 1.165) is 32.1 Å². The summed E-state index contributed by atoms with van der Waals surface area (Å²) < 4.78 is 5.42. The van der Waals surface area contributed by atoms with Gasteiger partial charge in [0.15, 0.2) is 6.61 Å². The van der Waals surface area contributed by atoms with Crippen LogP contribution in [-0.2, 0) is 19.1 Å². The first-order chi connectivity index (χ1) is 12.4. The van der Waals surface area contributed by atoms with E-state index in [1.165, 1.54) is 11.9 Å². The van der Waals surface area contributed by atoms with Gasteiger partial charge in [0, 0.05) is 17.5 Å². The third-order valence-corrected chi connectivity index (χ3v) is 6.51. The summed E-state index contributed by atoms with van der Waals surface area (Å²) in [7, 11) is 1.54. The minimum absolute atomic E-state index is 0.0618. The zero-order valence-electron chi connectivity index (χ0n) is 16.8. The first-order valence-corrected chi connectivity index (χ1v) is 10.2. The zero-order chi connectivity index (χ0) is 20.0. The molecular weight excluding hydrogens is 368 g/mol. The maximum absolute atomic E-state index is 12.8. The van der Waals surface area contributed by atoms with Crippen LogP contribution in [0.15, 0.2) is 0 Å². The van der Waals surface area contributed by atoms with E-state index in [2.05, 4.69) is 5.32 Å². The molecule has 0 aromatic rings. The van der Waals surface area contributed by atoms with Gasteiger partial charge in [-0.05, 0) is 71.1 Å². The Labute approximate surface area is 166 Å². The standard InChI is InChI=1S/C20H31ClN2O4/c1-18(2,3)22-15(24)10-23(4)16(25)11-27-17(26)19-6-13-5-14(7-19)9-20(21,8-13)12-19/h13-14H,5-12H2,1-4H3,(H,22,24)/t13-,14+,19?,20?. The fourth-order valence-corrected chi connectivity index (χ4v) is 6.23. The van der Waals surface area contributed by atoms with Crippen molar-refractivity contribution in [3.63, 3.8) is 0 Å². The Kier molecular flexibility index (Phi) is 5.26. The van der Waals surface area contributed by atoms with Crippen molar-refractivity contribution in [1.82, 2.24) is 10.2 Å². The third-order valence-electron chi connectivity index (χ3n) is 6.07. The Hall–Kier alpha value is -1.30. The summed E-state index contributed by atoms with van der Waals surface area (Å²) in [4.78, 5) is 38.1. The minimum atomic E-state index is -0.520. The summed E-state index contributed by atoms with van der Waals surface area (Å²) >= 11 is 6.76. The SMILES string of the molecule is CN(CC(=O)NC(C)(C)C)C(=O)COC(=O)C12C[C@@H]3C[C@@H](CC(Cl)(C3)C1)C2. The van der Waals surface area contributed by atoms with E-state index >= 15 is 0 Å². The Morgan fingerprint density at radius 2 is 1.74 bits per heavy atom. The van der Waals surface area contributed by atoms with Gasteiger partial charge in [-0.25, -0.2) is 0 Å². The third kappa shape index (κ3) is 4.58. The Balaban J connectivity index is 1.52. The highest BCUT2D eigenvalue weighted by atomic mass is 35.5. The van der Waals surface area contributed by atoms with E-state index in [4.69, 9.17) is 16.3 Å². The predicted molar refractivity (Wildman–Crippen MR) is 102 cm³/mol. The lowest BCUT2D eigenvalue weighted by molar-refractivity contribution is -0.173. The van der Waals surface area contributed by atoms with Crippen molar-refractivity contribution in [2.75, 3.05) is 20.2 Å². The van der Waals surface area contributed by atoms with Gasteiger partial charge in [0.1, 0.15) is 0 Å². The van der Waals surface area contributed by atoms with E-state index in [-0.39, 0.29) is 41.3 Å². The maximum atomic E-state index is 12.8. The van der Waals surface area contributed by atoms with Gasteiger partial charge < -0.3 is 15.0 Å². The number of esters is 1. The summed E-state index contributed by atoms with van der Waals surface area (Å²) in [6.45, 7) is 5.25. The molecule has 0 aromatic carbocycles. The van der Waals surface area contributed by atoms with E-state index in [9.17, 15) is 14.4 Å². The van der Waals surface area contributed by atoms with Crippen LogP contribution < -0.4 is 5.32 Å². The first kappa shape index (κ1) is 20.4. The number of nitrogens with one attached hydrogen (secondary N) is 1. The molecule has 4 atom stereocenters. The Morgan fingerprint density at radius 1 is 1.15 bits per heavy atom. The lowest BCUT2D eigenvalue weighted by Gasteiger charge is -2.58. The zero-order valence-corrected chi connectivity index (χ0v) is 17.5. The molecule has 1 N–H and O–H groups in total. The molecule has 4 saturated carbocycles. The van der Waals surface area contributed by atoms with Crippen molar-refractivity contribution in [2.45, 2.75) is 69.7 Å². The first-order valence-electron chi connectivity index (χ1n) is 9.81. The second-order valence-corrected chi connectivity index (χ2v) is 10.8. The van der Waals surface area contributed by atoms with Crippen LogP contribution in [0.3, 0.4) is 0 Å². The van der Waals surface area contributed by atoms with Crippen molar-refractivity contribution >= 4 is 29.4 Å². The van der Waals surface area contributed by atoms with Gasteiger partial charge in [-0.1, -0.05) is 0 Å². The van der Waals surface area contributed by atoms with Crippen molar-refractivity contribution < 1.29 is 19.1 Å². The number of hydrogen-bond donors (Lipinski definition) is 1. The second kappa shape index (κ2) is 6.94. The number of nitrogens with zero attached hydrogens (tertiary/aromatic N) is 1. The highest BCUT2D eigenvalue weighted by molar-refractivity contribution is 6.24. The van der Waals surface area contributed by atoms with Gasteiger partial charge in [-0.15, -0.1) is 11.6 Å². The normalized spacial score (nSPS) is 34.3. The van der Waals surface area contributed by atoms with Crippen LogP contribution in [0.25, 0.3) is 0 Å². The Morgan fingerprint density at radius 3 is 2.26 bits per heavy atom. The molecule has 6 nitrogen and oxygen atoms in total. The van der Waals surface area contributed by atoms with Crippen molar-refractivity contribution in [2.24, 2.45) is 17.3 Å². The molecular formula is C20H31ClN2O4. The number of hydrogen-bond acceptors (Lipinski definition) is 4. The van der Waals surface area contributed by atoms with E-state index < -0.39 is 5.41 Å². The Bertz CT molecular complexity index is 628. The lowest BCUT2D eigenvalue weighted by atomic mass is 9.49. The fraction of sp³-hybridized carbons (Fsp3) is 0.850. The van der Waals surface area contributed by atoms with E-state index in [1.807, 2.05) is 20.8 Å². The average Bonchev–Trinajstić information content (AvgIpc) is 2.47. The van der Waals surface area contributed by atoms with Gasteiger partial charge >= 0.3 is 5.97 Å². The van der Waals surface area contributed by atoms with Crippen LogP contribution in [0.1, 0.15) is 59.3 Å². The molecule has 0 aliphatic heterocycles. The molecule has 27 heavy (non-hydrogen) atoms. The highest BCUT2D eigenvalue weighted by Crippen LogP contribution is 2.64. The number of amides is 2. The van der Waals surface area contributed by atoms with Gasteiger partial charge in [0.25, 0.3) is 5.91 Å². The van der Waals surface area contributed by atoms with Crippen molar-refractivity contribution in [3.8, 4) is 0 Å². The van der Waals surface area contributed by atoms with Crippen LogP contribution in [0.4, 0.5) is 0 Å². The number of ether oxygens (including phenoxy) is 1. The monoisotopic (exact) mass is 398 g/mol. The second-order valence-electron chi connectivity index (χ2n) is 10.0. The van der Waals surface area contributed by atoms with Gasteiger partial charge in [0.05, 0.1) is 12.0 Å². The molecule has 4 aliphatic carbocycles. The highest BCUT2D eigenvalue weighted by Gasteiger charge is 2.60. The largest absolute Gasteiger partial charge is 0.455 e. The van der Waals surface area contributed by atoms with Gasteiger partial charge in [-0.3, -0.25) is 14.4 Å². The number of carbonyl (C=O) groups is 3. The average molecular weight is 399 g/mol. The number of carbonyl (C=O) groups excluding carboxylic acids is 3. The quantitative estimate of drug-likeness (QED) is 0.570. The topological polar surface area (TPSA) is 75.7 Å².